The quantitative estimate of drug-likeness (QED) is 0.0891. The van der Waals surface area contributed by atoms with Gasteiger partial charge in [0.1, 0.15) is 29.2 Å². The van der Waals surface area contributed by atoms with E-state index >= 15 is 0 Å². The van der Waals surface area contributed by atoms with Gasteiger partial charge in [-0.15, -0.1) is 0 Å². The molecule has 3 N–H and O–H groups in total. The van der Waals surface area contributed by atoms with Gasteiger partial charge in [0.05, 0.1) is 45.3 Å². The van der Waals surface area contributed by atoms with Gasteiger partial charge in [-0.05, 0) is 152 Å². The molecule has 5 aliphatic rings. The summed E-state index contributed by atoms with van der Waals surface area (Å²) in [5.41, 5.74) is 7.40. The number of likely N-dealkylation sites (N-methyl/N-ethyl adjacent to an activating group) is 1. The number of esters is 1. The highest BCUT2D eigenvalue weighted by molar-refractivity contribution is 5.99. The number of methoxy groups -OCH3 is 2. The average Bonchev–Trinajstić information content (AvgIpc) is 3.72. The van der Waals surface area contributed by atoms with Crippen LogP contribution < -0.4 is 20.5 Å². The zero-order valence-corrected chi connectivity index (χ0v) is 41.5. The van der Waals surface area contributed by atoms with Crippen LogP contribution in [0.5, 0.6) is 11.5 Å². The molecule has 0 saturated heterocycles. The number of carbonyl (C=O) groups is 3. The maximum Gasteiger partial charge on any atom is 0.332 e. The Hall–Kier alpha value is -4.44. The van der Waals surface area contributed by atoms with Crippen molar-refractivity contribution < 1.29 is 38.1 Å². The normalized spacial score (nSPS) is 23.4. The SMILES string of the molecule is COc1cccc(OC)c1-c1cc(C(=O)NC2(C(=O)OC(C)(C)C)C3CC4CC(C3)CC2C4)nn1C1=CC=C(N(C)CCCN(C)CCCN(C)C(=O)COCCOCCN)CC1C(C)C. The number of carbonyl (C=O) groups excluding carboxylic acids is 3. The van der Waals surface area contributed by atoms with Gasteiger partial charge in [0.15, 0.2) is 5.69 Å². The van der Waals surface area contributed by atoms with Crippen LogP contribution in [-0.2, 0) is 23.8 Å². The van der Waals surface area contributed by atoms with Gasteiger partial charge in [-0.25, -0.2) is 9.48 Å². The molecule has 1 aromatic carbocycles. The maximum atomic E-state index is 14.9. The summed E-state index contributed by atoms with van der Waals surface area (Å²) in [5.74, 6) is 1.96. The van der Waals surface area contributed by atoms with Gasteiger partial charge in [0, 0.05) is 51.0 Å². The summed E-state index contributed by atoms with van der Waals surface area (Å²) in [6, 6.07) is 7.49. The molecular formula is C51H79N7O8. The van der Waals surface area contributed by atoms with Crippen molar-refractivity contribution in [1.29, 1.82) is 0 Å². The molecule has 66 heavy (non-hydrogen) atoms. The van der Waals surface area contributed by atoms with E-state index in [1.54, 1.807) is 19.1 Å². The number of nitrogens with one attached hydrogen (secondary N) is 1. The van der Waals surface area contributed by atoms with Crippen molar-refractivity contribution in [3.63, 3.8) is 0 Å². The average molecular weight is 918 g/mol. The largest absolute Gasteiger partial charge is 0.496 e. The fraction of sp³-hybridized carbons (Fsp3) is 0.686. The maximum absolute atomic E-state index is 14.9. The van der Waals surface area contributed by atoms with E-state index in [-0.39, 0.29) is 53.8 Å². The number of hydrogen-bond acceptors (Lipinski definition) is 12. The van der Waals surface area contributed by atoms with Crippen LogP contribution in [-0.4, -0.2) is 148 Å². The Labute approximate surface area is 393 Å². The van der Waals surface area contributed by atoms with Gasteiger partial charge < -0.3 is 49.4 Å². The van der Waals surface area contributed by atoms with Crippen LogP contribution >= 0.6 is 0 Å². The monoisotopic (exact) mass is 918 g/mol. The Balaban J connectivity index is 1.19. The minimum absolute atomic E-state index is 0.0178. The Bertz CT molecular complexity index is 1990. The Morgan fingerprint density at radius 1 is 0.879 bits per heavy atom. The Morgan fingerprint density at radius 2 is 1.50 bits per heavy atom. The van der Waals surface area contributed by atoms with Gasteiger partial charge in [-0.3, -0.25) is 9.59 Å². The second kappa shape index (κ2) is 22.6. The molecule has 1 atom stereocenters. The van der Waals surface area contributed by atoms with E-state index in [0.29, 0.717) is 67.5 Å². The second-order valence-corrected chi connectivity index (χ2v) is 20.5. The van der Waals surface area contributed by atoms with Gasteiger partial charge in [-0.1, -0.05) is 19.9 Å². The molecule has 4 fully saturated rings. The van der Waals surface area contributed by atoms with Crippen molar-refractivity contribution >= 4 is 23.5 Å². The van der Waals surface area contributed by atoms with Gasteiger partial charge >= 0.3 is 5.97 Å². The Kier molecular flexibility index (Phi) is 17.4. The summed E-state index contributed by atoms with van der Waals surface area (Å²) >= 11 is 0. The highest BCUT2D eigenvalue weighted by Crippen LogP contribution is 2.59. The molecule has 5 aliphatic carbocycles. The minimum atomic E-state index is -1.11. The van der Waals surface area contributed by atoms with Crippen LogP contribution in [0.4, 0.5) is 0 Å². The van der Waals surface area contributed by atoms with Crippen molar-refractivity contribution in [2.75, 3.05) is 94.5 Å². The number of amides is 2. The molecule has 366 valence electrons. The Morgan fingerprint density at radius 3 is 2.09 bits per heavy atom. The number of nitrogens with zero attached hydrogens (tertiary/aromatic N) is 5. The van der Waals surface area contributed by atoms with Crippen LogP contribution in [0.15, 0.2) is 42.1 Å². The fourth-order valence-corrected chi connectivity index (χ4v) is 11.0. The molecule has 0 aliphatic heterocycles. The molecule has 15 nitrogen and oxygen atoms in total. The fourth-order valence-electron chi connectivity index (χ4n) is 11.0. The lowest BCUT2D eigenvalue weighted by atomic mass is 9.48. The van der Waals surface area contributed by atoms with Gasteiger partial charge in [0.2, 0.25) is 5.91 Å². The summed E-state index contributed by atoms with van der Waals surface area (Å²) in [7, 11) is 9.36. The zero-order valence-electron chi connectivity index (χ0n) is 41.5. The number of benzene rings is 1. The molecular weight excluding hydrogens is 839 g/mol. The highest BCUT2D eigenvalue weighted by Gasteiger charge is 2.63. The molecule has 1 heterocycles. The van der Waals surface area contributed by atoms with Crippen LogP contribution in [0, 0.1) is 35.5 Å². The van der Waals surface area contributed by atoms with Gasteiger partial charge in [-0.2, -0.15) is 5.10 Å². The molecule has 0 spiro atoms. The van der Waals surface area contributed by atoms with Crippen molar-refractivity contribution in [3.05, 3.63) is 47.8 Å². The predicted molar refractivity (Wildman–Crippen MR) is 257 cm³/mol. The van der Waals surface area contributed by atoms with E-state index in [1.807, 2.05) is 56.8 Å². The van der Waals surface area contributed by atoms with E-state index in [4.69, 9.17) is 34.5 Å². The second-order valence-electron chi connectivity index (χ2n) is 20.5. The van der Waals surface area contributed by atoms with E-state index in [1.165, 1.54) is 12.1 Å². The topological polar surface area (TPSA) is 163 Å². The first-order valence-corrected chi connectivity index (χ1v) is 24.3. The molecule has 2 amide bonds. The van der Waals surface area contributed by atoms with Gasteiger partial charge in [0.25, 0.3) is 5.91 Å². The third-order valence-corrected chi connectivity index (χ3v) is 14.3. The predicted octanol–water partition coefficient (Wildman–Crippen LogP) is 6.33. The van der Waals surface area contributed by atoms with Crippen LogP contribution in [0.3, 0.4) is 0 Å². The lowest BCUT2D eigenvalue weighted by Crippen LogP contribution is -2.71. The van der Waals surface area contributed by atoms with E-state index in [2.05, 4.69) is 55.2 Å². The number of aromatic nitrogens is 2. The standard InChI is InChI=1S/C51H79N7O8/c1-34(2)40-31-39(56(7)21-12-19-55(6)20-13-22-57(8)46(59)33-65-25-24-64-23-18-52)16-17-42(40)58-43(47-44(62-9)14-11-15-45(47)63-10)32-41(54-58)48(60)53-51(49(61)66-50(3,4)5)37-27-35-26-36(29-37)30-38(51)28-35/h11,14-17,32,34-38,40H,12-13,18-31,33,52H2,1-10H3,(H,53,60). The zero-order chi connectivity index (χ0) is 47.8. The third-order valence-electron chi connectivity index (χ3n) is 14.3. The number of allylic oxidation sites excluding steroid dienone is 4. The molecule has 1 aromatic heterocycles. The molecule has 0 radical (unpaired) electrons. The van der Waals surface area contributed by atoms with Crippen molar-refractivity contribution in [2.24, 2.45) is 41.2 Å². The first-order valence-electron chi connectivity index (χ1n) is 24.3. The molecule has 4 saturated carbocycles. The van der Waals surface area contributed by atoms with Crippen LogP contribution in [0.1, 0.15) is 96.5 Å². The van der Waals surface area contributed by atoms with Crippen molar-refractivity contribution in [3.8, 4) is 22.8 Å². The summed E-state index contributed by atoms with van der Waals surface area (Å²) in [4.78, 5) is 48.2. The van der Waals surface area contributed by atoms with Crippen LogP contribution in [0.2, 0.25) is 0 Å². The van der Waals surface area contributed by atoms with Crippen molar-refractivity contribution in [2.45, 2.75) is 97.1 Å². The van der Waals surface area contributed by atoms with E-state index in [9.17, 15) is 14.4 Å². The number of ether oxygens (including phenoxy) is 5. The summed E-state index contributed by atoms with van der Waals surface area (Å²) in [6.45, 7) is 15.3. The molecule has 4 bridgehead atoms. The number of hydrogen-bond donors (Lipinski definition) is 2. The summed E-state index contributed by atoms with van der Waals surface area (Å²) in [5, 5.41) is 8.50. The molecule has 15 heteroatoms. The van der Waals surface area contributed by atoms with Crippen LogP contribution in [0.25, 0.3) is 17.0 Å². The minimum Gasteiger partial charge on any atom is -0.496 e. The first-order chi connectivity index (χ1) is 31.5. The first kappa shape index (κ1) is 51.0. The number of rotatable bonds is 24. The highest BCUT2D eigenvalue weighted by atomic mass is 16.6. The summed E-state index contributed by atoms with van der Waals surface area (Å²) in [6.07, 6.45) is 11.8. The van der Waals surface area contributed by atoms with E-state index in [0.717, 1.165) is 70.3 Å². The lowest BCUT2D eigenvalue weighted by molar-refractivity contribution is -0.180. The number of nitrogens with two attached hydrogens (primary N) is 1. The summed E-state index contributed by atoms with van der Waals surface area (Å²) < 4.78 is 30.7. The van der Waals surface area contributed by atoms with E-state index < -0.39 is 11.1 Å². The molecule has 1 unspecified atom stereocenters. The smallest absolute Gasteiger partial charge is 0.332 e. The lowest BCUT2D eigenvalue weighted by Gasteiger charge is -2.59. The molecule has 7 rings (SSSR count). The van der Waals surface area contributed by atoms with Crippen molar-refractivity contribution in [1.82, 2.24) is 29.8 Å². The third kappa shape index (κ3) is 12.0. The molecule has 2 aromatic rings.